The lowest BCUT2D eigenvalue weighted by atomic mass is 9.78. The number of halogens is 1. The minimum Gasteiger partial charge on any atom is -0.493 e. The van der Waals surface area contributed by atoms with Crippen LogP contribution in [0.5, 0.6) is 5.75 Å². The lowest BCUT2D eigenvalue weighted by molar-refractivity contribution is -0.121. The molecule has 0 spiro atoms. The molecule has 6 nitrogen and oxygen atoms in total. The summed E-state index contributed by atoms with van der Waals surface area (Å²) in [4.78, 5) is 11.3. The predicted octanol–water partition coefficient (Wildman–Crippen LogP) is 2.55. The first-order valence-corrected chi connectivity index (χ1v) is 10.5. The fraction of sp³-hybridized carbons (Fsp3) is 0.350. The van der Waals surface area contributed by atoms with E-state index in [-0.39, 0.29) is 31.0 Å². The smallest absolute Gasteiger partial charge is 0.246 e. The van der Waals surface area contributed by atoms with Gasteiger partial charge >= 0.3 is 0 Å². The van der Waals surface area contributed by atoms with Gasteiger partial charge in [-0.1, -0.05) is 30.3 Å². The number of primary amides is 1. The molecule has 8 heteroatoms. The molecule has 0 aromatic heterocycles. The molecule has 1 amide bonds. The number of carbonyl (C=O) groups is 1. The minimum absolute atomic E-state index is 0.0108. The molecule has 0 saturated carbocycles. The van der Waals surface area contributed by atoms with Crippen molar-refractivity contribution in [3.05, 3.63) is 60.4 Å². The number of benzene rings is 2. The van der Waals surface area contributed by atoms with Crippen LogP contribution in [-0.2, 0) is 14.8 Å². The van der Waals surface area contributed by atoms with Crippen molar-refractivity contribution >= 4 is 15.9 Å². The van der Waals surface area contributed by atoms with Crippen LogP contribution in [0.25, 0.3) is 0 Å². The van der Waals surface area contributed by atoms with E-state index in [1.54, 1.807) is 12.1 Å². The van der Waals surface area contributed by atoms with Gasteiger partial charge in [0, 0.05) is 24.9 Å². The highest BCUT2D eigenvalue weighted by atomic mass is 32.2. The normalized spacial score (nSPS) is 20.6. The molecule has 3 rings (SSSR count). The summed E-state index contributed by atoms with van der Waals surface area (Å²) in [7, 11) is -4.03. The van der Waals surface area contributed by atoms with Crippen molar-refractivity contribution in [3.63, 3.8) is 0 Å². The van der Waals surface area contributed by atoms with E-state index in [0.717, 1.165) is 6.07 Å². The number of rotatable bonds is 7. The molecule has 2 aromatic carbocycles. The van der Waals surface area contributed by atoms with Crippen LogP contribution in [0.15, 0.2) is 59.5 Å². The number of para-hydroxylation sites is 1. The molecule has 0 radical (unpaired) electrons. The minimum atomic E-state index is -4.03. The standard InChI is InChI=1S/C20H23FN2O4S/c21-17-9-4-5-10-18(17)28(25,26)23-12-6-11-20(14-23,13-19(22)24)15-27-16-7-2-1-3-8-16/h1-5,7-10H,6,11-15H2,(H2,22,24). The second-order valence-electron chi connectivity index (χ2n) is 7.12. The number of piperidine rings is 1. The Morgan fingerprint density at radius 2 is 1.82 bits per heavy atom. The van der Waals surface area contributed by atoms with Gasteiger partial charge in [0.15, 0.2) is 0 Å². The molecular formula is C20H23FN2O4S. The molecule has 0 aliphatic carbocycles. The van der Waals surface area contributed by atoms with Crippen molar-refractivity contribution < 1.29 is 22.3 Å². The van der Waals surface area contributed by atoms with Crippen LogP contribution in [0.4, 0.5) is 4.39 Å². The number of ether oxygens (including phenoxy) is 1. The van der Waals surface area contributed by atoms with Gasteiger partial charge in [-0.05, 0) is 37.1 Å². The first kappa shape index (κ1) is 20.3. The second kappa shape index (κ2) is 8.28. The van der Waals surface area contributed by atoms with Gasteiger partial charge in [0.1, 0.15) is 16.5 Å². The third-order valence-corrected chi connectivity index (χ3v) is 6.80. The maximum atomic E-state index is 14.1. The van der Waals surface area contributed by atoms with Crippen molar-refractivity contribution in [1.29, 1.82) is 0 Å². The van der Waals surface area contributed by atoms with Crippen molar-refractivity contribution in [1.82, 2.24) is 4.31 Å². The van der Waals surface area contributed by atoms with Crippen LogP contribution in [0.2, 0.25) is 0 Å². The zero-order valence-corrected chi connectivity index (χ0v) is 16.2. The number of amides is 1. The number of nitrogens with zero attached hydrogens (tertiary/aromatic N) is 1. The zero-order valence-electron chi connectivity index (χ0n) is 15.4. The molecule has 1 aliphatic rings. The molecule has 1 aliphatic heterocycles. The van der Waals surface area contributed by atoms with E-state index in [4.69, 9.17) is 10.5 Å². The zero-order chi connectivity index (χ0) is 20.2. The van der Waals surface area contributed by atoms with Crippen LogP contribution in [0.3, 0.4) is 0 Å². The lowest BCUT2D eigenvalue weighted by Gasteiger charge is -2.41. The van der Waals surface area contributed by atoms with Crippen molar-refractivity contribution in [3.8, 4) is 5.75 Å². The third kappa shape index (κ3) is 4.51. The van der Waals surface area contributed by atoms with Gasteiger partial charge < -0.3 is 10.5 Å². The number of sulfonamides is 1. The molecule has 0 bridgehead atoms. The van der Waals surface area contributed by atoms with E-state index in [2.05, 4.69) is 0 Å². The lowest BCUT2D eigenvalue weighted by Crippen LogP contribution is -2.50. The van der Waals surface area contributed by atoms with Gasteiger partial charge in [0.25, 0.3) is 0 Å². The first-order valence-electron chi connectivity index (χ1n) is 9.03. The molecule has 1 atom stereocenters. The Kier molecular flexibility index (Phi) is 6.00. The number of nitrogens with two attached hydrogens (primary N) is 1. The Labute approximate surface area is 164 Å². The summed E-state index contributed by atoms with van der Waals surface area (Å²) in [5.41, 5.74) is 4.68. The molecule has 1 unspecified atom stereocenters. The van der Waals surface area contributed by atoms with Gasteiger partial charge in [-0.3, -0.25) is 4.79 Å². The Morgan fingerprint density at radius 3 is 2.50 bits per heavy atom. The van der Waals surface area contributed by atoms with Crippen LogP contribution >= 0.6 is 0 Å². The van der Waals surface area contributed by atoms with E-state index in [1.807, 2.05) is 18.2 Å². The van der Waals surface area contributed by atoms with Crippen LogP contribution < -0.4 is 10.5 Å². The Bertz CT molecular complexity index is 936. The highest BCUT2D eigenvalue weighted by Gasteiger charge is 2.42. The molecule has 1 heterocycles. The predicted molar refractivity (Wildman–Crippen MR) is 103 cm³/mol. The fourth-order valence-corrected chi connectivity index (χ4v) is 5.25. The van der Waals surface area contributed by atoms with Gasteiger partial charge in [0.05, 0.1) is 6.61 Å². The van der Waals surface area contributed by atoms with E-state index in [1.165, 1.54) is 22.5 Å². The summed E-state index contributed by atoms with van der Waals surface area (Å²) < 4.78 is 47.1. The van der Waals surface area contributed by atoms with Crippen molar-refractivity contribution in [2.24, 2.45) is 11.1 Å². The largest absolute Gasteiger partial charge is 0.493 e. The van der Waals surface area contributed by atoms with E-state index in [0.29, 0.717) is 18.6 Å². The second-order valence-corrected chi connectivity index (χ2v) is 9.02. The highest BCUT2D eigenvalue weighted by molar-refractivity contribution is 7.89. The maximum Gasteiger partial charge on any atom is 0.246 e. The van der Waals surface area contributed by atoms with Gasteiger partial charge in [-0.15, -0.1) is 0 Å². The molecule has 2 N–H and O–H groups in total. The van der Waals surface area contributed by atoms with Crippen LogP contribution in [0, 0.1) is 11.2 Å². The maximum absolute atomic E-state index is 14.1. The van der Waals surface area contributed by atoms with E-state index >= 15 is 0 Å². The van der Waals surface area contributed by atoms with Gasteiger partial charge in [-0.25, -0.2) is 12.8 Å². The average molecular weight is 406 g/mol. The average Bonchev–Trinajstić information content (AvgIpc) is 2.67. The molecule has 28 heavy (non-hydrogen) atoms. The van der Waals surface area contributed by atoms with Crippen molar-refractivity contribution in [2.75, 3.05) is 19.7 Å². The summed E-state index contributed by atoms with van der Waals surface area (Å²) in [5.74, 6) is -0.698. The Morgan fingerprint density at radius 1 is 1.14 bits per heavy atom. The monoisotopic (exact) mass is 406 g/mol. The van der Waals surface area contributed by atoms with E-state index < -0.39 is 27.2 Å². The summed E-state index contributed by atoms with van der Waals surface area (Å²) in [6.07, 6.45) is 1.11. The molecule has 1 fully saturated rings. The quantitative estimate of drug-likeness (QED) is 0.765. The number of hydrogen-bond acceptors (Lipinski definition) is 4. The third-order valence-electron chi connectivity index (χ3n) is 4.92. The SMILES string of the molecule is NC(=O)CC1(COc2ccccc2)CCCN(S(=O)(=O)c2ccccc2F)C1. The van der Waals surface area contributed by atoms with Crippen LogP contribution in [-0.4, -0.2) is 38.3 Å². The summed E-state index contributed by atoms with van der Waals surface area (Å²) in [5, 5.41) is 0. The van der Waals surface area contributed by atoms with Crippen molar-refractivity contribution in [2.45, 2.75) is 24.2 Å². The van der Waals surface area contributed by atoms with Gasteiger partial charge in [-0.2, -0.15) is 4.31 Å². The summed E-state index contributed by atoms with van der Waals surface area (Å²) in [6.45, 7) is 0.436. The van der Waals surface area contributed by atoms with Gasteiger partial charge in [0.2, 0.25) is 15.9 Å². The number of hydrogen-bond donors (Lipinski definition) is 1. The summed E-state index contributed by atoms with van der Waals surface area (Å²) >= 11 is 0. The highest BCUT2D eigenvalue weighted by Crippen LogP contribution is 2.37. The summed E-state index contributed by atoms with van der Waals surface area (Å²) in [6, 6.07) is 14.4. The fourth-order valence-electron chi connectivity index (χ4n) is 3.60. The first-order chi connectivity index (χ1) is 13.3. The molecular weight excluding hydrogens is 383 g/mol. The Balaban J connectivity index is 1.85. The Hall–Kier alpha value is -2.45. The topological polar surface area (TPSA) is 89.7 Å². The van der Waals surface area contributed by atoms with Crippen LogP contribution in [0.1, 0.15) is 19.3 Å². The van der Waals surface area contributed by atoms with E-state index in [9.17, 15) is 17.6 Å². The molecule has 150 valence electrons. The number of carbonyl (C=O) groups excluding carboxylic acids is 1. The molecule has 2 aromatic rings. The molecule has 1 saturated heterocycles.